The lowest BCUT2D eigenvalue weighted by Crippen LogP contribution is -2.41. The lowest BCUT2D eigenvalue weighted by molar-refractivity contribution is 0.00578. The van der Waals surface area contributed by atoms with Gasteiger partial charge in [0.05, 0.1) is 17.8 Å². The summed E-state index contributed by atoms with van der Waals surface area (Å²) in [7, 11) is -0.547. The molecule has 19 heavy (non-hydrogen) atoms. The Kier molecular flexibility index (Phi) is 2.70. The molecular formula is C14H18BFO3. The van der Waals surface area contributed by atoms with Crippen LogP contribution in [0, 0.1) is 5.82 Å². The van der Waals surface area contributed by atoms with Crippen molar-refractivity contribution in [1.82, 2.24) is 0 Å². The van der Waals surface area contributed by atoms with Gasteiger partial charge < -0.3 is 14.0 Å². The molecule has 0 atom stereocenters. The average Bonchev–Trinajstić information content (AvgIpc) is 2.82. The van der Waals surface area contributed by atoms with E-state index in [9.17, 15) is 4.39 Å². The predicted molar refractivity (Wildman–Crippen MR) is 71.3 cm³/mol. The zero-order valence-electron chi connectivity index (χ0n) is 11.7. The zero-order valence-corrected chi connectivity index (χ0v) is 11.7. The van der Waals surface area contributed by atoms with Gasteiger partial charge in [0.25, 0.3) is 0 Å². The molecule has 0 bridgehead atoms. The minimum absolute atomic E-state index is 0.236. The number of hydrogen-bond acceptors (Lipinski definition) is 3. The van der Waals surface area contributed by atoms with Crippen LogP contribution in [-0.4, -0.2) is 24.9 Å². The lowest BCUT2D eigenvalue weighted by Gasteiger charge is -2.32. The molecule has 0 unspecified atom stereocenters. The molecule has 0 amide bonds. The Hall–Kier alpha value is -1.07. The van der Waals surface area contributed by atoms with E-state index in [1.54, 1.807) is 0 Å². The van der Waals surface area contributed by atoms with Crippen molar-refractivity contribution in [2.75, 3.05) is 6.61 Å². The van der Waals surface area contributed by atoms with Gasteiger partial charge in [0.2, 0.25) is 0 Å². The maximum absolute atomic E-state index is 14.0. The number of hydrogen-bond donors (Lipinski definition) is 0. The van der Waals surface area contributed by atoms with E-state index < -0.39 is 18.3 Å². The van der Waals surface area contributed by atoms with E-state index in [1.165, 1.54) is 6.07 Å². The first-order valence-electron chi connectivity index (χ1n) is 6.61. The molecule has 2 aliphatic rings. The Morgan fingerprint density at radius 3 is 2.37 bits per heavy atom. The third kappa shape index (κ3) is 1.96. The van der Waals surface area contributed by atoms with Crippen LogP contribution in [0.3, 0.4) is 0 Å². The Labute approximate surface area is 113 Å². The largest absolute Gasteiger partial charge is 0.495 e. The Balaban J connectivity index is 1.95. The quantitative estimate of drug-likeness (QED) is 0.727. The smallest absolute Gasteiger partial charge is 0.493 e. The van der Waals surface area contributed by atoms with Gasteiger partial charge in [-0.3, -0.25) is 0 Å². The third-order valence-corrected chi connectivity index (χ3v) is 4.31. The summed E-state index contributed by atoms with van der Waals surface area (Å²) in [6.07, 6.45) is 0.630. The highest BCUT2D eigenvalue weighted by atomic mass is 19.1. The summed E-state index contributed by atoms with van der Waals surface area (Å²) >= 11 is 0. The second kappa shape index (κ2) is 3.96. The summed E-state index contributed by atoms with van der Waals surface area (Å²) in [5, 5.41) is 0. The van der Waals surface area contributed by atoms with Crippen molar-refractivity contribution in [1.29, 1.82) is 0 Å². The fourth-order valence-electron chi connectivity index (χ4n) is 2.38. The second-order valence-corrected chi connectivity index (χ2v) is 6.17. The van der Waals surface area contributed by atoms with Crippen molar-refractivity contribution in [3.05, 3.63) is 23.5 Å². The van der Waals surface area contributed by atoms with Crippen molar-refractivity contribution in [2.45, 2.75) is 45.3 Å². The van der Waals surface area contributed by atoms with Crippen LogP contribution in [0.5, 0.6) is 5.75 Å². The molecule has 0 spiro atoms. The zero-order chi connectivity index (χ0) is 13.8. The average molecular weight is 264 g/mol. The Bertz CT molecular complexity index is 512. The molecule has 0 radical (unpaired) electrons. The highest BCUT2D eigenvalue weighted by Crippen LogP contribution is 2.37. The summed E-state index contributed by atoms with van der Waals surface area (Å²) in [4.78, 5) is 0. The van der Waals surface area contributed by atoms with E-state index in [1.807, 2.05) is 33.8 Å². The summed E-state index contributed by atoms with van der Waals surface area (Å²) in [5.74, 6) is 0.379. The van der Waals surface area contributed by atoms with Crippen LogP contribution in [0.1, 0.15) is 33.3 Å². The normalized spacial score (nSPS) is 23.3. The molecule has 1 aromatic rings. The van der Waals surface area contributed by atoms with E-state index in [0.29, 0.717) is 29.8 Å². The summed E-state index contributed by atoms with van der Waals surface area (Å²) < 4.78 is 31.3. The molecule has 2 aliphatic heterocycles. The Morgan fingerprint density at radius 1 is 1.11 bits per heavy atom. The van der Waals surface area contributed by atoms with E-state index in [0.717, 1.165) is 0 Å². The van der Waals surface area contributed by atoms with Gasteiger partial charge in [-0.25, -0.2) is 4.39 Å². The minimum Gasteiger partial charge on any atom is -0.493 e. The fourth-order valence-corrected chi connectivity index (χ4v) is 2.38. The fraction of sp³-hybridized carbons (Fsp3) is 0.571. The molecule has 0 saturated carbocycles. The standard InChI is InChI=1S/C14H18BFO3/c1-13(2)14(3,4)19-15(18-13)9-7-11(16)10-5-6-17-12(10)8-9/h7-8H,5-6H2,1-4H3. The maximum Gasteiger partial charge on any atom is 0.495 e. The van der Waals surface area contributed by atoms with Crippen LogP contribution < -0.4 is 10.2 Å². The monoisotopic (exact) mass is 264 g/mol. The van der Waals surface area contributed by atoms with Crippen LogP contribution in [0.15, 0.2) is 12.1 Å². The molecule has 0 aromatic heterocycles. The molecule has 0 aliphatic carbocycles. The molecule has 0 N–H and O–H groups in total. The first-order valence-corrected chi connectivity index (χ1v) is 6.61. The van der Waals surface area contributed by atoms with Gasteiger partial charge in [0, 0.05) is 12.0 Å². The molecule has 3 rings (SSSR count). The maximum atomic E-state index is 14.0. The van der Waals surface area contributed by atoms with E-state index in [4.69, 9.17) is 14.0 Å². The van der Waals surface area contributed by atoms with Gasteiger partial charge in [-0.2, -0.15) is 0 Å². The van der Waals surface area contributed by atoms with Crippen molar-refractivity contribution in [2.24, 2.45) is 0 Å². The van der Waals surface area contributed by atoms with Crippen molar-refractivity contribution in [3.63, 3.8) is 0 Å². The first-order chi connectivity index (χ1) is 8.80. The molecule has 1 fully saturated rings. The van der Waals surface area contributed by atoms with Crippen LogP contribution in [0.4, 0.5) is 4.39 Å². The SMILES string of the molecule is CC1(C)OB(c2cc(F)c3c(c2)OCC3)OC1(C)C. The number of halogens is 1. The highest BCUT2D eigenvalue weighted by Gasteiger charge is 2.52. The van der Waals surface area contributed by atoms with Gasteiger partial charge >= 0.3 is 7.12 Å². The number of rotatable bonds is 1. The van der Waals surface area contributed by atoms with Crippen LogP contribution >= 0.6 is 0 Å². The molecule has 3 nitrogen and oxygen atoms in total. The topological polar surface area (TPSA) is 27.7 Å². The second-order valence-electron chi connectivity index (χ2n) is 6.17. The number of fused-ring (bicyclic) bond motifs is 1. The molecule has 5 heteroatoms. The van der Waals surface area contributed by atoms with Gasteiger partial charge in [-0.1, -0.05) is 0 Å². The molecule has 2 heterocycles. The molecule has 1 aromatic carbocycles. The number of benzene rings is 1. The lowest BCUT2D eigenvalue weighted by atomic mass is 9.78. The first kappa shape index (κ1) is 12.9. The summed E-state index contributed by atoms with van der Waals surface area (Å²) in [5.41, 5.74) is 0.485. The van der Waals surface area contributed by atoms with Gasteiger partial charge in [-0.05, 0) is 45.3 Å². The minimum atomic E-state index is -0.547. The number of ether oxygens (including phenoxy) is 1. The van der Waals surface area contributed by atoms with E-state index in [-0.39, 0.29) is 5.82 Å². The van der Waals surface area contributed by atoms with E-state index in [2.05, 4.69) is 0 Å². The summed E-state index contributed by atoms with van der Waals surface area (Å²) in [6.45, 7) is 8.46. The molecule has 102 valence electrons. The van der Waals surface area contributed by atoms with Crippen molar-refractivity contribution < 1.29 is 18.4 Å². The van der Waals surface area contributed by atoms with Crippen molar-refractivity contribution >= 4 is 12.6 Å². The van der Waals surface area contributed by atoms with E-state index >= 15 is 0 Å². The predicted octanol–water partition coefficient (Wildman–Crippen LogP) is 2.06. The van der Waals surface area contributed by atoms with Crippen LogP contribution in [0.2, 0.25) is 0 Å². The highest BCUT2D eigenvalue weighted by molar-refractivity contribution is 6.62. The van der Waals surface area contributed by atoms with Crippen LogP contribution in [0.25, 0.3) is 0 Å². The molecular weight excluding hydrogens is 246 g/mol. The molecule has 1 saturated heterocycles. The van der Waals surface area contributed by atoms with Gasteiger partial charge in [-0.15, -0.1) is 0 Å². The Morgan fingerprint density at radius 2 is 1.74 bits per heavy atom. The van der Waals surface area contributed by atoms with Crippen molar-refractivity contribution in [3.8, 4) is 5.75 Å². The van der Waals surface area contributed by atoms with Gasteiger partial charge in [0.1, 0.15) is 11.6 Å². The van der Waals surface area contributed by atoms with Crippen LogP contribution in [-0.2, 0) is 15.7 Å². The summed E-state index contributed by atoms with van der Waals surface area (Å²) in [6, 6.07) is 3.32. The third-order valence-electron chi connectivity index (χ3n) is 4.31. The van der Waals surface area contributed by atoms with Gasteiger partial charge in [0.15, 0.2) is 0 Å².